The van der Waals surface area contributed by atoms with Gasteiger partial charge in [0.1, 0.15) is 0 Å². The fourth-order valence-corrected chi connectivity index (χ4v) is 3.41. The van der Waals surface area contributed by atoms with Crippen LogP contribution in [0.4, 0.5) is 13.2 Å². The minimum Gasteiger partial charge on any atom is -0.321 e. The molecule has 0 aliphatic heterocycles. The summed E-state index contributed by atoms with van der Waals surface area (Å²) in [6.07, 6.45) is 3.17. The van der Waals surface area contributed by atoms with Crippen molar-refractivity contribution in [2.75, 3.05) is 0 Å². The lowest BCUT2D eigenvalue weighted by Crippen LogP contribution is -2.36. The van der Waals surface area contributed by atoms with Crippen molar-refractivity contribution in [3.63, 3.8) is 0 Å². The fourth-order valence-electron chi connectivity index (χ4n) is 3.41. The van der Waals surface area contributed by atoms with Crippen LogP contribution in [0.25, 0.3) is 0 Å². The smallest absolute Gasteiger partial charge is 0.321 e. The summed E-state index contributed by atoms with van der Waals surface area (Å²) in [5.74, 6) is 0.717. The molecule has 4 heteroatoms. The molecule has 0 radical (unpaired) electrons. The first kappa shape index (κ1) is 16.3. The summed E-state index contributed by atoms with van der Waals surface area (Å²) in [4.78, 5) is 0. The van der Waals surface area contributed by atoms with Gasteiger partial charge >= 0.3 is 6.18 Å². The van der Waals surface area contributed by atoms with Gasteiger partial charge in [-0.15, -0.1) is 0 Å². The SMILES string of the molecule is CCCC1CCCC(N)(c2ccc(C(F)(F)F)cc2)CC1. The average molecular weight is 299 g/mol. The molecular weight excluding hydrogens is 275 g/mol. The standard InChI is InChI=1S/C17H24F3N/c1-2-4-13-5-3-11-16(21,12-10-13)14-6-8-15(9-7-14)17(18,19)20/h6-9,13H,2-5,10-12,21H2,1H3. The summed E-state index contributed by atoms with van der Waals surface area (Å²) in [7, 11) is 0. The van der Waals surface area contributed by atoms with Crippen LogP contribution in [0.2, 0.25) is 0 Å². The molecule has 2 atom stereocenters. The minimum absolute atomic E-state index is 0.466. The van der Waals surface area contributed by atoms with Crippen LogP contribution in [0.3, 0.4) is 0 Å². The van der Waals surface area contributed by atoms with E-state index in [9.17, 15) is 13.2 Å². The highest BCUT2D eigenvalue weighted by atomic mass is 19.4. The van der Waals surface area contributed by atoms with E-state index >= 15 is 0 Å². The third kappa shape index (κ3) is 4.00. The van der Waals surface area contributed by atoms with Gasteiger partial charge in [-0.25, -0.2) is 0 Å². The highest BCUT2D eigenvalue weighted by Gasteiger charge is 2.33. The number of nitrogens with two attached hydrogens (primary N) is 1. The second-order valence-electron chi connectivity index (χ2n) is 6.32. The van der Waals surface area contributed by atoms with Crippen LogP contribution < -0.4 is 5.73 Å². The van der Waals surface area contributed by atoms with Gasteiger partial charge in [0.25, 0.3) is 0 Å². The zero-order valence-corrected chi connectivity index (χ0v) is 12.5. The summed E-state index contributed by atoms with van der Waals surface area (Å²) in [6, 6.07) is 5.42. The maximum absolute atomic E-state index is 12.6. The molecule has 0 aromatic heterocycles. The van der Waals surface area contributed by atoms with Crippen molar-refractivity contribution in [2.45, 2.75) is 63.6 Å². The number of rotatable bonds is 3. The first-order chi connectivity index (χ1) is 9.85. The predicted octanol–water partition coefficient (Wildman–Crippen LogP) is 5.24. The van der Waals surface area contributed by atoms with E-state index in [-0.39, 0.29) is 0 Å². The van der Waals surface area contributed by atoms with Crippen LogP contribution in [-0.4, -0.2) is 0 Å². The Labute approximate surface area is 124 Å². The van der Waals surface area contributed by atoms with E-state index in [1.165, 1.54) is 19.3 Å². The van der Waals surface area contributed by atoms with Gasteiger partial charge in [-0.05, 0) is 42.9 Å². The number of alkyl halides is 3. The van der Waals surface area contributed by atoms with E-state index in [0.29, 0.717) is 0 Å². The molecule has 21 heavy (non-hydrogen) atoms. The maximum Gasteiger partial charge on any atom is 0.416 e. The lowest BCUT2D eigenvalue weighted by Gasteiger charge is -2.29. The Bertz CT molecular complexity index is 452. The quantitative estimate of drug-likeness (QED) is 0.759. The molecule has 2 N–H and O–H groups in total. The topological polar surface area (TPSA) is 26.0 Å². The van der Waals surface area contributed by atoms with Crippen molar-refractivity contribution in [1.29, 1.82) is 0 Å². The van der Waals surface area contributed by atoms with Crippen LogP contribution in [-0.2, 0) is 11.7 Å². The molecule has 118 valence electrons. The summed E-state index contributed by atoms with van der Waals surface area (Å²) >= 11 is 0. The third-order valence-corrected chi connectivity index (χ3v) is 4.72. The Kier molecular flexibility index (Phi) is 4.97. The summed E-state index contributed by atoms with van der Waals surface area (Å²) in [6.45, 7) is 2.19. The van der Waals surface area contributed by atoms with Crippen LogP contribution in [0.15, 0.2) is 24.3 Å². The van der Waals surface area contributed by atoms with Gasteiger partial charge in [-0.1, -0.05) is 44.7 Å². The van der Waals surface area contributed by atoms with Crippen molar-refractivity contribution in [3.8, 4) is 0 Å². The highest BCUT2D eigenvalue weighted by molar-refractivity contribution is 5.30. The molecule has 1 aliphatic carbocycles. The zero-order chi connectivity index (χ0) is 15.5. The van der Waals surface area contributed by atoms with Gasteiger partial charge in [0.05, 0.1) is 5.56 Å². The molecule has 2 rings (SSSR count). The molecule has 2 unspecified atom stereocenters. The monoisotopic (exact) mass is 299 g/mol. The molecule has 1 nitrogen and oxygen atoms in total. The summed E-state index contributed by atoms with van der Waals surface area (Å²) in [5, 5.41) is 0. The van der Waals surface area contributed by atoms with Gasteiger partial charge in [-0.3, -0.25) is 0 Å². The molecule has 1 aromatic rings. The van der Waals surface area contributed by atoms with Gasteiger partial charge < -0.3 is 5.73 Å². The van der Waals surface area contributed by atoms with Crippen molar-refractivity contribution in [2.24, 2.45) is 11.7 Å². The van der Waals surface area contributed by atoms with E-state index in [1.54, 1.807) is 12.1 Å². The van der Waals surface area contributed by atoms with E-state index in [0.717, 1.165) is 49.3 Å². The number of benzene rings is 1. The molecule has 0 bridgehead atoms. The molecule has 0 saturated heterocycles. The van der Waals surface area contributed by atoms with E-state index in [2.05, 4.69) is 6.92 Å². The Morgan fingerprint density at radius 2 is 1.81 bits per heavy atom. The van der Waals surface area contributed by atoms with Crippen LogP contribution >= 0.6 is 0 Å². The maximum atomic E-state index is 12.6. The molecular formula is C17H24F3N. The molecule has 1 saturated carbocycles. The lowest BCUT2D eigenvalue weighted by molar-refractivity contribution is -0.137. The molecule has 1 aliphatic rings. The Hall–Kier alpha value is -1.03. The highest BCUT2D eigenvalue weighted by Crippen LogP contribution is 2.38. The normalized spacial score (nSPS) is 27.4. The third-order valence-electron chi connectivity index (χ3n) is 4.72. The molecule has 1 aromatic carbocycles. The largest absolute Gasteiger partial charge is 0.416 e. The first-order valence-corrected chi connectivity index (χ1v) is 7.82. The van der Waals surface area contributed by atoms with Crippen molar-refractivity contribution >= 4 is 0 Å². The average Bonchev–Trinajstić information content (AvgIpc) is 2.62. The van der Waals surface area contributed by atoms with Crippen LogP contribution in [0, 0.1) is 5.92 Å². The summed E-state index contributed by atoms with van der Waals surface area (Å²) in [5.41, 5.74) is 6.29. The van der Waals surface area contributed by atoms with Gasteiger partial charge in [0.2, 0.25) is 0 Å². The van der Waals surface area contributed by atoms with Crippen molar-refractivity contribution in [3.05, 3.63) is 35.4 Å². The van der Waals surface area contributed by atoms with E-state index < -0.39 is 17.3 Å². The van der Waals surface area contributed by atoms with Crippen molar-refractivity contribution < 1.29 is 13.2 Å². The van der Waals surface area contributed by atoms with Crippen molar-refractivity contribution in [1.82, 2.24) is 0 Å². The molecule has 0 amide bonds. The Morgan fingerprint density at radius 1 is 1.14 bits per heavy atom. The molecule has 0 heterocycles. The summed E-state index contributed by atoms with van der Waals surface area (Å²) < 4.78 is 37.9. The van der Waals surface area contributed by atoms with Gasteiger partial charge in [-0.2, -0.15) is 13.2 Å². The van der Waals surface area contributed by atoms with Gasteiger partial charge in [0.15, 0.2) is 0 Å². The Morgan fingerprint density at radius 3 is 2.38 bits per heavy atom. The van der Waals surface area contributed by atoms with Crippen LogP contribution in [0.1, 0.15) is 63.0 Å². The molecule has 0 spiro atoms. The predicted molar refractivity (Wildman–Crippen MR) is 78.8 cm³/mol. The fraction of sp³-hybridized carbons (Fsp3) is 0.647. The minimum atomic E-state index is -4.28. The number of hydrogen-bond acceptors (Lipinski definition) is 1. The molecule has 1 fully saturated rings. The zero-order valence-electron chi connectivity index (χ0n) is 12.5. The number of halogens is 3. The second kappa shape index (κ2) is 6.39. The first-order valence-electron chi connectivity index (χ1n) is 7.82. The van der Waals surface area contributed by atoms with E-state index in [4.69, 9.17) is 5.73 Å². The van der Waals surface area contributed by atoms with Gasteiger partial charge in [0, 0.05) is 5.54 Å². The van der Waals surface area contributed by atoms with Crippen LogP contribution in [0.5, 0.6) is 0 Å². The second-order valence-corrected chi connectivity index (χ2v) is 6.32. The Balaban J connectivity index is 2.12. The number of hydrogen-bond donors (Lipinski definition) is 1. The van der Waals surface area contributed by atoms with E-state index in [1.807, 2.05) is 0 Å². The lowest BCUT2D eigenvalue weighted by atomic mass is 9.83.